The molecular weight excluding hydrogens is 250 g/mol. The Labute approximate surface area is 111 Å². The smallest absolute Gasteiger partial charge is 0.257 e. The molecule has 0 saturated heterocycles. The summed E-state index contributed by atoms with van der Waals surface area (Å²) < 4.78 is 26.7. The molecule has 0 spiro atoms. The minimum atomic E-state index is -1.23. The quantitative estimate of drug-likeness (QED) is 0.772. The molecule has 2 unspecified atom stereocenters. The Bertz CT molecular complexity index is 479. The van der Waals surface area contributed by atoms with Gasteiger partial charge in [0, 0.05) is 19.3 Å². The van der Waals surface area contributed by atoms with Crippen molar-refractivity contribution >= 4 is 5.91 Å². The topological polar surface area (TPSA) is 33.2 Å². The number of aromatic nitrogens is 1. The van der Waals surface area contributed by atoms with Crippen LogP contribution in [0.4, 0.5) is 8.78 Å². The zero-order valence-corrected chi connectivity index (χ0v) is 11.2. The Kier molecular flexibility index (Phi) is 4.12. The van der Waals surface area contributed by atoms with Crippen LogP contribution in [0.2, 0.25) is 0 Å². The van der Waals surface area contributed by atoms with Gasteiger partial charge in [0.1, 0.15) is 0 Å². The highest BCUT2D eigenvalue weighted by atomic mass is 19.2. The van der Waals surface area contributed by atoms with Crippen LogP contribution in [0.3, 0.4) is 0 Å². The number of nitrogens with zero attached hydrogens (tertiary/aromatic N) is 2. The predicted octanol–water partition coefficient (Wildman–Crippen LogP) is 3.01. The van der Waals surface area contributed by atoms with E-state index in [9.17, 15) is 13.6 Å². The Morgan fingerprint density at radius 3 is 2.74 bits per heavy atom. The van der Waals surface area contributed by atoms with Gasteiger partial charge in [-0.25, -0.2) is 9.37 Å². The van der Waals surface area contributed by atoms with E-state index in [1.54, 1.807) is 11.9 Å². The van der Waals surface area contributed by atoms with E-state index in [0.717, 1.165) is 31.9 Å². The molecule has 1 amide bonds. The number of carbonyl (C=O) groups excluding carboxylic acids is 1. The molecule has 104 valence electrons. The van der Waals surface area contributed by atoms with Gasteiger partial charge in [-0.15, -0.1) is 0 Å². The van der Waals surface area contributed by atoms with Crippen molar-refractivity contribution < 1.29 is 13.6 Å². The van der Waals surface area contributed by atoms with Gasteiger partial charge in [0.05, 0.1) is 5.56 Å². The second kappa shape index (κ2) is 5.63. The average Bonchev–Trinajstić information content (AvgIpc) is 2.41. The second-order valence-electron chi connectivity index (χ2n) is 5.21. The zero-order chi connectivity index (χ0) is 14.0. The first-order chi connectivity index (χ1) is 9.02. The van der Waals surface area contributed by atoms with Gasteiger partial charge in [-0.05, 0) is 24.8 Å². The fraction of sp³-hybridized carbons (Fsp3) is 0.571. The summed E-state index contributed by atoms with van der Waals surface area (Å²) in [5, 5.41) is 0. The molecule has 1 aliphatic rings. The van der Waals surface area contributed by atoms with E-state index in [-0.39, 0.29) is 11.6 Å². The van der Waals surface area contributed by atoms with Crippen LogP contribution in [0.25, 0.3) is 0 Å². The zero-order valence-electron chi connectivity index (χ0n) is 11.2. The van der Waals surface area contributed by atoms with E-state index < -0.39 is 17.7 Å². The maximum absolute atomic E-state index is 13.6. The van der Waals surface area contributed by atoms with Gasteiger partial charge in [-0.1, -0.05) is 19.8 Å². The molecule has 0 N–H and O–H groups in total. The molecule has 2 rings (SSSR count). The van der Waals surface area contributed by atoms with Crippen LogP contribution in [0.5, 0.6) is 0 Å². The number of hydrogen-bond donors (Lipinski definition) is 0. The van der Waals surface area contributed by atoms with Crippen molar-refractivity contribution in [1.82, 2.24) is 9.88 Å². The molecule has 1 aromatic heterocycles. The van der Waals surface area contributed by atoms with Gasteiger partial charge in [0.25, 0.3) is 5.91 Å². The largest absolute Gasteiger partial charge is 0.338 e. The van der Waals surface area contributed by atoms with E-state index in [4.69, 9.17) is 0 Å². The third-order valence-electron chi connectivity index (χ3n) is 3.96. The summed E-state index contributed by atoms with van der Waals surface area (Å²) in [5.41, 5.74) is -0.243. The van der Waals surface area contributed by atoms with Gasteiger partial charge >= 0.3 is 0 Å². The number of rotatable bonds is 2. The van der Waals surface area contributed by atoms with Crippen molar-refractivity contribution in [3.8, 4) is 0 Å². The molecule has 0 aromatic carbocycles. The summed E-state index contributed by atoms with van der Waals surface area (Å²) in [4.78, 5) is 17.0. The van der Waals surface area contributed by atoms with Crippen LogP contribution < -0.4 is 0 Å². The van der Waals surface area contributed by atoms with Crippen molar-refractivity contribution in [2.24, 2.45) is 5.92 Å². The standard InChI is InChI=1S/C14H18F2N2O/c1-9-5-3-4-6-11(9)18(2)14(19)10-7-8-17-13(16)12(10)15/h7-9,11H,3-6H2,1-2H3. The molecule has 2 atom stereocenters. The monoisotopic (exact) mass is 268 g/mol. The summed E-state index contributed by atoms with van der Waals surface area (Å²) >= 11 is 0. The highest BCUT2D eigenvalue weighted by Crippen LogP contribution is 2.28. The molecule has 1 heterocycles. The van der Waals surface area contributed by atoms with Crippen LogP contribution in [-0.4, -0.2) is 28.9 Å². The molecule has 1 aromatic rings. The lowest BCUT2D eigenvalue weighted by Gasteiger charge is -2.36. The first kappa shape index (κ1) is 13.9. The number of amides is 1. The summed E-state index contributed by atoms with van der Waals surface area (Å²) in [6.45, 7) is 2.09. The van der Waals surface area contributed by atoms with E-state index in [2.05, 4.69) is 11.9 Å². The number of hydrogen-bond acceptors (Lipinski definition) is 2. The van der Waals surface area contributed by atoms with Crippen LogP contribution in [0, 0.1) is 17.7 Å². The minimum Gasteiger partial charge on any atom is -0.338 e. The number of pyridine rings is 1. The Balaban J connectivity index is 2.21. The van der Waals surface area contributed by atoms with Gasteiger partial charge in [0.15, 0.2) is 5.82 Å². The van der Waals surface area contributed by atoms with Crippen LogP contribution in [-0.2, 0) is 0 Å². The van der Waals surface area contributed by atoms with Crippen molar-refractivity contribution in [2.75, 3.05) is 7.05 Å². The van der Waals surface area contributed by atoms with Crippen molar-refractivity contribution in [3.05, 3.63) is 29.6 Å². The summed E-state index contributed by atoms with van der Waals surface area (Å²) in [5.74, 6) is -2.48. The first-order valence-corrected chi connectivity index (χ1v) is 6.59. The third kappa shape index (κ3) is 2.74. The molecule has 1 fully saturated rings. The fourth-order valence-corrected chi connectivity index (χ4v) is 2.80. The summed E-state index contributed by atoms with van der Waals surface area (Å²) in [6, 6.07) is 1.32. The Hall–Kier alpha value is -1.52. The Morgan fingerprint density at radius 2 is 2.05 bits per heavy atom. The molecule has 1 aliphatic carbocycles. The molecule has 0 bridgehead atoms. The predicted molar refractivity (Wildman–Crippen MR) is 67.7 cm³/mol. The van der Waals surface area contributed by atoms with Gasteiger partial charge in [-0.3, -0.25) is 4.79 Å². The maximum Gasteiger partial charge on any atom is 0.257 e. The molecule has 0 radical (unpaired) electrons. The minimum absolute atomic E-state index is 0.0943. The maximum atomic E-state index is 13.6. The molecule has 5 heteroatoms. The van der Waals surface area contributed by atoms with E-state index in [1.807, 2.05) is 0 Å². The lowest BCUT2D eigenvalue weighted by atomic mass is 9.85. The SMILES string of the molecule is CC1CCCCC1N(C)C(=O)c1ccnc(F)c1F. The van der Waals surface area contributed by atoms with Crippen molar-refractivity contribution in [3.63, 3.8) is 0 Å². The van der Waals surface area contributed by atoms with Gasteiger partial charge in [-0.2, -0.15) is 4.39 Å². The molecule has 0 aliphatic heterocycles. The molecule has 19 heavy (non-hydrogen) atoms. The first-order valence-electron chi connectivity index (χ1n) is 6.59. The highest BCUT2D eigenvalue weighted by molar-refractivity contribution is 5.94. The molecule has 1 saturated carbocycles. The lowest BCUT2D eigenvalue weighted by molar-refractivity contribution is 0.0623. The average molecular weight is 268 g/mol. The van der Waals surface area contributed by atoms with Crippen LogP contribution in [0.1, 0.15) is 43.0 Å². The van der Waals surface area contributed by atoms with E-state index in [0.29, 0.717) is 5.92 Å². The summed E-state index contributed by atoms with van der Waals surface area (Å²) in [7, 11) is 1.66. The molecule has 3 nitrogen and oxygen atoms in total. The second-order valence-corrected chi connectivity index (χ2v) is 5.21. The number of carbonyl (C=O) groups is 1. The third-order valence-corrected chi connectivity index (χ3v) is 3.96. The molecular formula is C14H18F2N2O. The Morgan fingerprint density at radius 1 is 1.37 bits per heavy atom. The normalized spacial score (nSPS) is 23.2. The van der Waals surface area contributed by atoms with Gasteiger partial charge in [0.2, 0.25) is 5.95 Å². The summed E-state index contributed by atoms with van der Waals surface area (Å²) in [6.07, 6.45) is 5.33. The van der Waals surface area contributed by atoms with Crippen molar-refractivity contribution in [1.29, 1.82) is 0 Å². The van der Waals surface area contributed by atoms with Crippen molar-refractivity contribution in [2.45, 2.75) is 38.6 Å². The van der Waals surface area contributed by atoms with Crippen LogP contribution in [0.15, 0.2) is 12.3 Å². The number of halogens is 2. The van der Waals surface area contributed by atoms with E-state index >= 15 is 0 Å². The lowest BCUT2D eigenvalue weighted by Crippen LogP contribution is -2.43. The van der Waals surface area contributed by atoms with E-state index in [1.165, 1.54) is 6.07 Å². The fourth-order valence-electron chi connectivity index (χ4n) is 2.80. The van der Waals surface area contributed by atoms with Gasteiger partial charge < -0.3 is 4.90 Å². The highest BCUT2D eigenvalue weighted by Gasteiger charge is 2.30. The van der Waals surface area contributed by atoms with Crippen LogP contribution >= 0.6 is 0 Å².